The van der Waals surface area contributed by atoms with Crippen LogP contribution in [0.1, 0.15) is 74.1 Å². The zero-order chi connectivity index (χ0) is 33.9. The van der Waals surface area contributed by atoms with Crippen LogP contribution in [0, 0.1) is 0 Å². The summed E-state index contributed by atoms with van der Waals surface area (Å²) in [4.78, 5) is 0. The van der Waals surface area contributed by atoms with Crippen LogP contribution in [-0.4, -0.2) is 43.2 Å². The van der Waals surface area contributed by atoms with Gasteiger partial charge in [-0.15, -0.1) is 0 Å². The van der Waals surface area contributed by atoms with E-state index in [2.05, 4.69) is 55.5 Å². The fourth-order valence-corrected chi connectivity index (χ4v) is 6.51. The summed E-state index contributed by atoms with van der Waals surface area (Å²) in [6, 6.07) is 40.3. The van der Waals surface area contributed by atoms with Gasteiger partial charge in [0, 0.05) is 6.61 Å². The number of benzene rings is 4. The first kappa shape index (κ1) is 36.9. The Morgan fingerprint density at radius 3 is 1.08 bits per heavy atom. The Morgan fingerprint density at radius 1 is 0.388 bits per heavy atom. The molecule has 49 heavy (non-hydrogen) atoms. The highest BCUT2D eigenvalue weighted by atomic mass is 16.6. The first-order chi connectivity index (χ1) is 24.2. The summed E-state index contributed by atoms with van der Waals surface area (Å²) in [5, 5.41) is 0. The molecule has 6 heteroatoms. The Bertz CT molecular complexity index is 1410. The quantitative estimate of drug-likeness (QED) is 0.0898. The topological polar surface area (TPSA) is 72.2 Å². The highest BCUT2D eigenvalue weighted by molar-refractivity contribution is 5.17. The minimum atomic E-state index is -0.512. The molecule has 1 fully saturated rings. The molecule has 0 aromatic heterocycles. The van der Waals surface area contributed by atoms with E-state index in [1.54, 1.807) is 0 Å². The van der Waals surface area contributed by atoms with E-state index < -0.39 is 36.6 Å². The Hall–Kier alpha value is -3.36. The lowest BCUT2D eigenvalue weighted by molar-refractivity contribution is -0.254. The lowest BCUT2D eigenvalue weighted by atomic mass is 9.82. The van der Waals surface area contributed by atoms with E-state index in [1.165, 1.54) is 32.1 Å². The van der Waals surface area contributed by atoms with Gasteiger partial charge < -0.3 is 29.4 Å². The molecule has 4 aromatic carbocycles. The summed E-state index contributed by atoms with van der Waals surface area (Å²) in [6.45, 7) is 4.44. The summed E-state index contributed by atoms with van der Waals surface area (Å²) >= 11 is 0. The van der Waals surface area contributed by atoms with Gasteiger partial charge in [-0.1, -0.05) is 167 Å². The van der Waals surface area contributed by atoms with Crippen molar-refractivity contribution >= 4 is 0 Å². The first-order valence-electron chi connectivity index (χ1n) is 18.2. The Balaban J connectivity index is 1.42. The molecule has 2 N–H and O–H groups in total. The van der Waals surface area contributed by atoms with E-state index in [-0.39, 0.29) is 0 Å². The number of unbranched alkanes of at least 4 members (excludes halogenated alkanes) is 6. The molecule has 0 heterocycles. The lowest BCUT2D eigenvalue weighted by Gasteiger charge is -2.49. The molecular weight excluding hydrogens is 610 g/mol. The number of hydrogen-bond donors (Lipinski definition) is 1. The number of nitrogens with two attached hydrogens (primary N) is 1. The zero-order valence-corrected chi connectivity index (χ0v) is 29.1. The van der Waals surface area contributed by atoms with Crippen LogP contribution < -0.4 is 5.73 Å². The van der Waals surface area contributed by atoms with Crippen LogP contribution >= 0.6 is 0 Å². The standard InChI is InChI=1S/C43H55NO5/c1-2-3-4-5-6-7-20-29-45-39-38(44)40(46-30-34-21-12-8-13-22-34)42(48-32-36-25-16-10-17-26-36)43(49-33-37-27-18-11-19-28-37)41(39)47-31-35-23-14-9-15-24-35/h8-19,21-28,38-43H,2-7,20,29-33,44H2,1H3/t38-,39-,40+,41+,42-,43-/m1/s1. The summed E-state index contributed by atoms with van der Waals surface area (Å²) in [6.07, 6.45) is 5.98. The molecule has 1 saturated carbocycles. The van der Waals surface area contributed by atoms with Gasteiger partial charge in [0.15, 0.2) is 0 Å². The lowest BCUT2D eigenvalue weighted by Crippen LogP contribution is -2.69. The van der Waals surface area contributed by atoms with Crippen molar-refractivity contribution < 1.29 is 23.7 Å². The number of ether oxygens (including phenoxy) is 5. The van der Waals surface area contributed by atoms with Crippen molar-refractivity contribution in [3.05, 3.63) is 144 Å². The predicted octanol–water partition coefficient (Wildman–Crippen LogP) is 8.80. The van der Waals surface area contributed by atoms with Crippen LogP contribution in [0.5, 0.6) is 0 Å². The van der Waals surface area contributed by atoms with Crippen molar-refractivity contribution in [2.24, 2.45) is 5.73 Å². The van der Waals surface area contributed by atoms with Crippen LogP contribution in [-0.2, 0) is 50.1 Å². The minimum Gasteiger partial charge on any atom is -0.374 e. The van der Waals surface area contributed by atoms with Crippen molar-refractivity contribution in [1.29, 1.82) is 0 Å². The molecule has 6 nitrogen and oxygen atoms in total. The maximum absolute atomic E-state index is 7.21. The zero-order valence-electron chi connectivity index (χ0n) is 29.1. The third-order valence-electron chi connectivity index (χ3n) is 9.25. The SMILES string of the molecule is CCCCCCCCCO[C@@H]1[C@@H](N)[C@H](OCc2ccccc2)[C@@H](OCc2ccccc2)[C@H](OCc2ccccc2)[C@H]1OCc1ccccc1. The molecule has 0 aliphatic heterocycles. The monoisotopic (exact) mass is 665 g/mol. The molecule has 4 aromatic rings. The largest absolute Gasteiger partial charge is 0.374 e. The van der Waals surface area contributed by atoms with Gasteiger partial charge in [0.05, 0.1) is 32.5 Å². The van der Waals surface area contributed by atoms with Crippen LogP contribution in [0.3, 0.4) is 0 Å². The van der Waals surface area contributed by atoms with Gasteiger partial charge in [0.1, 0.15) is 30.5 Å². The molecule has 1 aliphatic rings. The molecule has 0 saturated heterocycles. The molecular formula is C43H55NO5. The molecule has 0 radical (unpaired) electrons. The van der Waals surface area contributed by atoms with E-state index in [0.717, 1.165) is 35.1 Å². The molecule has 6 atom stereocenters. The van der Waals surface area contributed by atoms with Crippen LogP contribution in [0.2, 0.25) is 0 Å². The van der Waals surface area contributed by atoms with Crippen molar-refractivity contribution in [3.8, 4) is 0 Å². The summed E-state index contributed by atoms with van der Waals surface area (Å²) in [5.41, 5.74) is 11.5. The van der Waals surface area contributed by atoms with Crippen LogP contribution in [0.4, 0.5) is 0 Å². The van der Waals surface area contributed by atoms with E-state index in [9.17, 15) is 0 Å². The minimum absolute atomic E-state index is 0.392. The molecule has 0 bridgehead atoms. The van der Waals surface area contributed by atoms with E-state index in [0.29, 0.717) is 33.0 Å². The molecule has 0 unspecified atom stereocenters. The van der Waals surface area contributed by atoms with Crippen molar-refractivity contribution in [2.75, 3.05) is 6.61 Å². The van der Waals surface area contributed by atoms with E-state index >= 15 is 0 Å². The number of hydrogen-bond acceptors (Lipinski definition) is 6. The van der Waals surface area contributed by atoms with Gasteiger partial charge in [-0.25, -0.2) is 0 Å². The van der Waals surface area contributed by atoms with Crippen molar-refractivity contribution in [3.63, 3.8) is 0 Å². The summed E-state index contributed by atoms with van der Waals surface area (Å²) in [7, 11) is 0. The Morgan fingerprint density at radius 2 is 0.694 bits per heavy atom. The highest BCUT2D eigenvalue weighted by Gasteiger charge is 2.53. The van der Waals surface area contributed by atoms with Gasteiger partial charge in [0.2, 0.25) is 0 Å². The average Bonchev–Trinajstić information content (AvgIpc) is 3.15. The third kappa shape index (κ3) is 11.9. The van der Waals surface area contributed by atoms with Gasteiger partial charge in [-0.3, -0.25) is 0 Å². The fourth-order valence-electron chi connectivity index (χ4n) is 6.51. The first-order valence-corrected chi connectivity index (χ1v) is 18.2. The Kier molecular flexibility index (Phi) is 15.8. The predicted molar refractivity (Wildman–Crippen MR) is 196 cm³/mol. The second-order valence-corrected chi connectivity index (χ2v) is 13.1. The fraction of sp³-hybridized carbons (Fsp3) is 0.442. The summed E-state index contributed by atoms with van der Waals surface area (Å²) < 4.78 is 33.9. The second kappa shape index (κ2) is 21.0. The van der Waals surface area contributed by atoms with Crippen molar-refractivity contribution in [2.45, 2.75) is 115 Å². The molecule has 262 valence electrons. The van der Waals surface area contributed by atoms with Gasteiger partial charge in [-0.2, -0.15) is 0 Å². The molecule has 5 rings (SSSR count). The normalized spacial score (nSPS) is 22.2. The highest BCUT2D eigenvalue weighted by Crippen LogP contribution is 2.34. The van der Waals surface area contributed by atoms with E-state index in [1.807, 2.05) is 72.8 Å². The van der Waals surface area contributed by atoms with E-state index in [4.69, 9.17) is 29.4 Å². The average molecular weight is 666 g/mol. The van der Waals surface area contributed by atoms with Crippen LogP contribution in [0.25, 0.3) is 0 Å². The molecule has 0 spiro atoms. The van der Waals surface area contributed by atoms with Gasteiger partial charge >= 0.3 is 0 Å². The van der Waals surface area contributed by atoms with Crippen LogP contribution in [0.15, 0.2) is 121 Å². The molecule has 0 amide bonds. The molecule has 1 aliphatic carbocycles. The maximum atomic E-state index is 7.21. The van der Waals surface area contributed by atoms with Gasteiger partial charge in [-0.05, 0) is 28.7 Å². The Labute approximate surface area is 293 Å². The van der Waals surface area contributed by atoms with Gasteiger partial charge in [0.25, 0.3) is 0 Å². The number of rotatable bonds is 21. The second-order valence-electron chi connectivity index (χ2n) is 13.1. The third-order valence-corrected chi connectivity index (χ3v) is 9.25. The summed E-state index contributed by atoms with van der Waals surface area (Å²) in [5.74, 6) is 0. The van der Waals surface area contributed by atoms with Crippen molar-refractivity contribution in [1.82, 2.24) is 0 Å². The smallest absolute Gasteiger partial charge is 0.115 e. The maximum Gasteiger partial charge on any atom is 0.115 e.